The van der Waals surface area contributed by atoms with Crippen molar-refractivity contribution in [3.8, 4) is 0 Å². The van der Waals surface area contributed by atoms with E-state index >= 15 is 0 Å². The number of hydrogen-bond acceptors (Lipinski definition) is 2. The number of pyridine rings is 1. The summed E-state index contributed by atoms with van der Waals surface area (Å²) < 4.78 is 1.01. The summed E-state index contributed by atoms with van der Waals surface area (Å²) >= 11 is 3.46. The van der Waals surface area contributed by atoms with E-state index in [1.165, 1.54) is 0 Å². The Labute approximate surface area is 134 Å². The van der Waals surface area contributed by atoms with Crippen molar-refractivity contribution in [1.82, 2.24) is 9.88 Å². The lowest BCUT2D eigenvalue weighted by atomic mass is 10.1. The minimum atomic E-state index is 0.0336. The van der Waals surface area contributed by atoms with Crippen molar-refractivity contribution in [1.29, 1.82) is 0 Å². The second kappa shape index (κ2) is 6.85. The van der Waals surface area contributed by atoms with Crippen molar-refractivity contribution < 1.29 is 4.79 Å². The van der Waals surface area contributed by atoms with Gasteiger partial charge in [0.2, 0.25) is 0 Å². The van der Waals surface area contributed by atoms with E-state index in [0.717, 1.165) is 15.7 Å². The van der Waals surface area contributed by atoms with Gasteiger partial charge in [-0.15, -0.1) is 0 Å². The second-order valence-electron chi connectivity index (χ2n) is 5.31. The smallest absolute Gasteiger partial charge is 0.254 e. The highest BCUT2D eigenvalue weighted by Gasteiger charge is 2.19. The molecule has 0 aliphatic heterocycles. The maximum atomic E-state index is 12.7. The van der Waals surface area contributed by atoms with Gasteiger partial charge in [-0.05, 0) is 56.7 Å². The fourth-order valence-corrected chi connectivity index (χ4v) is 2.35. The lowest BCUT2D eigenvalue weighted by molar-refractivity contribution is 0.0687. The number of halogens is 1. The number of carbonyl (C=O) groups is 1. The number of carbonyl (C=O) groups excluding carboxylic acids is 1. The van der Waals surface area contributed by atoms with Crippen LogP contribution in [0.3, 0.4) is 0 Å². The zero-order chi connectivity index (χ0) is 15.4. The van der Waals surface area contributed by atoms with Crippen LogP contribution in [0.4, 0.5) is 0 Å². The first-order valence-electron chi connectivity index (χ1n) is 6.96. The van der Waals surface area contributed by atoms with Crippen LogP contribution < -0.4 is 0 Å². The van der Waals surface area contributed by atoms with Gasteiger partial charge >= 0.3 is 0 Å². The van der Waals surface area contributed by atoms with E-state index in [9.17, 15) is 4.79 Å². The number of aryl methyl sites for hydroxylation is 1. The average molecular weight is 347 g/mol. The highest BCUT2D eigenvalue weighted by Crippen LogP contribution is 2.19. The molecule has 110 valence electrons. The molecule has 1 aromatic carbocycles. The van der Waals surface area contributed by atoms with Crippen molar-refractivity contribution in [2.45, 2.75) is 33.4 Å². The van der Waals surface area contributed by atoms with E-state index in [-0.39, 0.29) is 11.9 Å². The van der Waals surface area contributed by atoms with Crippen LogP contribution in [-0.4, -0.2) is 21.8 Å². The Morgan fingerprint density at radius 1 is 1.29 bits per heavy atom. The number of aromatic nitrogens is 1. The van der Waals surface area contributed by atoms with Gasteiger partial charge in [0.05, 0.1) is 12.2 Å². The molecule has 0 unspecified atom stereocenters. The molecular weight excluding hydrogens is 328 g/mol. The minimum Gasteiger partial charge on any atom is -0.330 e. The van der Waals surface area contributed by atoms with Gasteiger partial charge in [-0.25, -0.2) is 0 Å². The zero-order valence-electron chi connectivity index (χ0n) is 12.5. The summed E-state index contributed by atoms with van der Waals surface area (Å²) in [5, 5.41) is 0. The number of nitrogens with zero attached hydrogens (tertiary/aromatic N) is 2. The van der Waals surface area contributed by atoms with Crippen molar-refractivity contribution in [3.63, 3.8) is 0 Å². The van der Waals surface area contributed by atoms with Crippen molar-refractivity contribution in [2.75, 3.05) is 0 Å². The highest BCUT2D eigenvalue weighted by atomic mass is 79.9. The Bertz CT molecular complexity index is 626. The molecule has 3 nitrogen and oxygen atoms in total. The van der Waals surface area contributed by atoms with Crippen molar-refractivity contribution >= 4 is 21.8 Å². The number of amides is 1. The molecule has 0 N–H and O–H groups in total. The largest absolute Gasteiger partial charge is 0.330 e. The Morgan fingerprint density at radius 2 is 2.05 bits per heavy atom. The molecule has 2 rings (SSSR count). The third-order valence-electron chi connectivity index (χ3n) is 3.35. The molecule has 0 fully saturated rings. The lowest BCUT2D eigenvalue weighted by Crippen LogP contribution is -2.36. The fourth-order valence-electron chi connectivity index (χ4n) is 2.10. The van der Waals surface area contributed by atoms with E-state index < -0.39 is 0 Å². The van der Waals surface area contributed by atoms with Gasteiger partial charge in [-0.2, -0.15) is 0 Å². The van der Waals surface area contributed by atoms with Crippen LogP contribution in [0, 0.1) is 6.92 Å². The SMILES string of the molecule is Cc1cc(C(=O)N(Cc2ccccn2)C(C)C)ccc1Br. The second-order valence-corrected chi connectivity index (χ2v) is 6.17. The first kappa shape index (κ1) is 15.7. The molecule has 1 amide bonds. The van der Waals surface area contributed by atoms with Gasteiger partial charge in [0.15, 0.2) is 0 Å². The van der Waals surface area contributed by atoms with Gasteiger partial charge in [0.25, 0.3) is 5.91 Å². The van der Waals surface area contributed by atoms with Crippen LogP contribution in [0.25, 0.3) is 0 Å². The quantitative estimate of drug-likeness (QED) is 0.830. The molecule has 21 heavy (non-hydrogen) atoms. The summed E-state index contributed by atoms with van der Waals surface area (Å²) in [7, 11) is 0. The Balaban J connectivity index is 2.25. The van der Waals surface area contributed by atoms with Gasteiger partial charge in [0, 0.05) is 22.3 Å². The molecule has 4 heteroatoms. The first-order chi connectivity index (χ1) is 9.99. The standard InChI is InChI=1S/C17H19BrN2O/c1-12(2)20(11-15-6-4-5-9-19-15)17(21)14-7-8-16(18)13(3)10-14/h4-10,12H,11H2,1-3H3. The molecule has 1 aromatic heterocycles. The van der Waals surface area contributed by atoms with Gasteiger partial charge in [-0.1, -0.05) is 22.0 Å². The van der Waals surface area contributed by atoms with Crippen LogP contribution in [0.15, 0.2) is 47.1 Å². The summed E-state index contributed by atoms with van der Waals surface area (Å²) in [6.45, 7) is 6.55. The zero-order valence-corrected chi connectivity index (χ0v) is 14.1. The van der Waals surface area contributed by atoms with Gasteiger partial charge < -0.3 is 4.90 Å². The fraction of sp³-hybridized carbons (Fsp3) is 0.294. The Morgan fingerprint density at radius 3 is 2.62 bits per heavy atom. The molecule has 0 spiro atoms. The summed E-state index contributed by atoms with van der Waals surface area (Å²) in [5.41, 5.74) is 2.66. The summed E-state index contributed by atoms with van der Waals surface area (Å²) in [4.78, 5) is 18.9. The van der Waals surface area contributed by atoms with E-state index in [0.29, 0.717) is 12.1 Å². The van der Waals surface area contributed by atoms with Gasteiger partial charge in [-0.3, -0.25) is 9.78 Å². The third-order valence-corrected chi connectivity index (χ3v) is 4.24. The maximum Gasteiger partial charge on any atom is 0.254 e. The first-order valence-corrected chi connectivity index (χ1v) is 7.75. The van der Waals surface area contributed by atoms with Crippen LogP contribution >= 0.6 is 15.9 Å². The minimum absolute atomic E-state index is 0.0336. The molecule has 1 heterocycles. The van der Waals surface area contributed by atoms with Crippen LogP contribution in [-0.2, 0) is 6.54 Å². The molecular formula is C17H19BrN2O. The predicted molar refractivity (Wildman–Crippen MR) is 88.1 cm³/mol. The molecule has 0 saturated heterocycles. The Kier molecular flexibility index (Phi) is 5.12. The molecule has 0 radical (unpaired) electrons. The maximum absolute atomic E-state index is 12.7. The molecule has 2 aromatic rings. The van der Waals surface area contributed by atoms with E-state index in [1.54, 1.807) is 6.20 Å². The number of rotatable bonds is 4. The van der Waals surface area contributed by atoms with E-state index in [1.807, 2.05) is 62.1 Å². The van der Waals surface area contributed by atoms with Crippen molar-refractivity contribution in [3.05, 3.63) is 63.9 Å². The summed E-state index contributed by atoms with van der Waals surface area (Å²) in [6, 6.07) is 11.6. The molecule has 0 aliphatic rings. The van der Waals surface area contributed by atoms with E-state index in [4.69, 9.17) is 0 Å². The summed E-state index contributed by atoms with van der Waals surface area (Å²) in [6.07, 6.45) is 1.75. The molecule has 0 bridgehead atoms. The van der Waals surface area contributed by atoms with Gasteiger partial charge in [0.1, 0.15) is 0 Å². The van der Waals surface area contributed by atoms with Crippen molar-refractivity contribution in [2.24, 2.45) is 0 Å². The van der Waals surface area contributed by atoms with Crippen LogP contribution in [0.2, 0.25) is 0 Å². The molecule has 0 saturated carbocycles. The molecule has 0 atom stereocenters. The molecule has 0 aliphatic carbocycles. The lowest BCUT2D eigenvalue weighted by Gasteiger charge is -2.26. The third kappa shape index (κ3) is 3.91. The van der Waals surface area contributed by atoms with Crippen LogP contribution in [0.1, 0.15) is 35.5 Å². The average Bonchev–Trinajstić information content (AvgIpc) is 2.47. The topological polar surface area (TPSA) is 33.2 Å². The number of hydrogen-bond donors (Lipinski definition) is 0. The van der Waals surface area contributed by atoms with Crippen LogP contribution in [0.5, 0.6) is 0 Å². The number of benzene rings is 1. The Hall–Kier alpha value is -1.68. The van der Waals surface area contributed by atoms with E-state index in [2.05, 4.69) is 20.9 Å². The highest BCUT2D eigenvalue weighted by molar-refractivity contribution is 9.10. The monoisotopic (exact) mass is 346 g/mol. The normalized spacial score (nSPS) is 10.7. The predicted octanol–water partition coefficient (Wildman–Crippen LogP) is 4.20. The summed E-state index contributed by atoms with van der Waals surface area (Å²) in [5.74, 6) is 0.0336.